The smallest absolute Gasteiger partial charge is 0.321 e. The van der Waals surface area contributed by atoms with Crippen LogP contribution in [0.1, 0.15) is 25.8 Å². The molecule has 1 aliphatic heterocycles. The summed E-state index contributed by atoms with van der Waals surface area (Å²) in [6, 6.07) is 3.25. The van der Waals surface area contributed by atoms with Crippen molar-refractivity contribution in [3.63, 3.8) is 0 Å². The number of nitrogens with one attached hydrogen (secondary N) is 1. The molecule has 0 saturated carbocycles. The van der Waals surface area contributed by atoms with Crippen LogP contribution in [0.2, 0.25) is 0 Å². The van der Waals surface area contributed by atoms with Gasteiger partial charge in [0.05, 0.1) is 18.7 Å². The fraction of sp³-hybridized carbons (Fsp3) is 0.500. The van der Waals surface area contributed by atoms with Crippen molar-refractivity contribution in [1.29, 1.82) is 0 Å². The maximum atomic E-state index is 12.2. The Bertz CT molecular complexity index is 602. The maximum absolute atomic E-state index is 12.2. The fourth-order valence-corrected chi connectivity index (χ4v) is 2.39. The Morgan fingerprint density at radius 1 is 1.48 bits per heavy atom. The van der Waals surface area contributed by atoms with Crippen LogP contribution in [0.5, 0.6) is 11.5 Å². The number of rotatable bonds is 6. The summed E-state index contributed by atoms with van der Waals surface area (Å²) in [4.78, 5) is 24.1. The first-order chi connectivity index (χ1) is 10.9. The van der Waals surface area contributed by atoms with Gasteiger partial charge in [-0.15, -0.1) is 0 Å². The highest BCUT2D eigenvalue weighted by Gasteiger charge is 2.23. The molecule has 0 radical (unpaired) electrons. The van der Waals surface area contributed by atoms with Gasteiger partial charge in [0.15, 0.2) is 0 Å². The molecule has 23 heavy (non-hydrogen) atoms. The van der Waals surface area contributed by atoms with Crippen molar-refractivity contribution in [2.45, 2.75) is 32.8 Å². The molecule has 1 atom stereocenters. The Hall–Kier alpha value is -2.44. The molecule has 1 aliphatic rings. The zero-order valence-electron chi connectivity index (χ0n) is 13.6. The molecule has 126 valence electrons. The Kier molecular flexibility index (Phi) is 5.31. The predicted octanol–water partition coefficient (Wildman–Crippen LogP) is 2.35. The number of carboxylic acids is 1. The summed E-state index contributed by atoms with van der Waals surface area (Å²) >= 11 is 0. The number of hydrogen-bond donors (Lipinski definition) is 2. The lowest BCUT2D eigenvalue weighted by molar-refractivity contribution is -0.137. The molecule has 0 saturated heterocycles. The lowest BCUT2D eigenvalue weighted by Gasteiger charge is -2.19. The molecule has 2 amide bonds. The van der Waals surface area contributed by atoms with Crippen LogP contribution in [-0.2, 0) is 11.2 Å². The predicted molar refractivity (Wildman–Crippen MR) is 85.3 cm³/mol. The maximum Gasteiger partial charge on any atom is 0.321 e. The number of ether oxygens (including phenoxy) is 2. The van der Waals surface area contributed by atoms with Crippen molar-refractivity contribution in [3.05, 3.63) is 17.7 Å². The fourth-order valence-electron chi connectivity index (χ4n) is 2.39. The van der Waals surface area contributed by atoms with Crippen LogP contribution in [0.15, 0.2) is 12.1 Å². The first-order valence-electron chi connectivity index (χ1n) is 7.61. The molecule has 1 heterocycles. The summed E-state index contributed by atoms with van der Waals surface area (Å²) in [6.07, 6.45) is 0.804. The Balaban J connectivity index is 2.13. The molecule has 1 aromatic carbocycles. The van der Waals surface area contributed by atoms with Gasteiger partial charge in [0.1, 0.15) is 17.6 Å². The summed E-state index contributed by atoms with van der Waals surface area (Å²) in [5.41, 5.74) is 1.57. The standard InChI is InChI=1S/C16H22N2O5/c1-4-22-14-8-11-7-10(2)23-13(11)9-12(14)17-16(21)18(3)6-5-15(19)20/h8-10H,4-7H2,1-3H3,(H,17,21)(H,19,20). The van der Waals surface area contributed by atoms with E-state index in [4.69, 9.17) is 14.6 Å². The van der Waals surface area contributed by atoms with E-state index >= 15 is 0 Å². The summed E-state index contributed by atoms with van der Waals surface area (Å²) in [6.45, 7) is 4.46. The van der Waals surface area contributed by atoms with Crippen LogP contribution in [0, 0.1) is 0 Å². The number of hydrogen-bond acceptors (Lipinski definition) is 4. The van der Waals surface area contributed by atoms with Crippen molar-refractivity contribution in [3.8, 4) is 11.5 Å². The van der Waals surface area contributed by atoms with E-state index in [0.29, 0.717) is 18.0 Å². The summed E-state index contributed by atoms with van der Waals surface area (Å²) in [5, 5.41) is 11.4. The van der Waals surface area contributed by atoms with Crippen molar-refractivity contribution in [1.82, 2.24) is 4.90 Å². The third kappa shape index (κ3) is 4.28. The van der Waals surface area contributed by atoms with Gasteiger partial charge in [0.25, 0.3) is 0 Å². The number of carboxylic acid groups (broad SMARTS) is 1. The quantitative estimate of drug-likeness (QED) is 0.839. The van der Waals surface area contributed by atoms with Gasteiger partial charge in [0, 0.05) is 31.6 Å². The van der Waals surface area contributed by atoms with Gasteiger partial charge in [-0.25, -0.2) is 4.79 Å². The van der Waals surface area contributed by atoms with E-state index in [2.05, 4.69) is 5.32 Å². The van der Waals surface area contributed by atoms with Gasteiger partial charge >= 0.3 is 12.0 Å². The first kappa shape index (κ1) is 16.9. The van der Waals surface area contributed by atoms with Crippen molar-refractivity contribution >= 4 is 17.7 Å². The van der Waals surface area contributed by atoms with E-state index < -0.39 is 12.0 Å². The average Bonchev–Trinajstić information content (AvgIpc) is 2.84. The average molecular weight is 322 g/mol. The van der Waals surface area contributed by atoms with Crippen molar-refractivity contribution < 1.29 is 24.2 Å². The third-order valence-corrected chi connectivity index (χ3v) is 3.55. The lowest BCUT2D eigenvalue weighted by Crippen LogP contribution is -2.33. The Morgan fingerprint density at radius 2 is 2.22 bits per heavy atom. The minimum Gasteiger partial charge on any atom is -0.492 e. The molecular formula is C16H22N2O5. The highest BCUT2D eigenvalue weighted by Crippen LogP contribution is 2.38. The molecule has 7 heteroatoms. The number of anilines is 1. The monoisotopic (exact) mass is 322 g/mol. The normalized spacial score (nSPS) is 15.5. The van der Waals surface area contributed by atoms with Crippen molar-refractivity contribution in [2.75, 3.05) is 25.5 Å². The molecule has 0 fully saturated rings. The zero-order chi connectivity index (χ0) is 17.0. The van der Waals surface area contributed by atoms with E-state index in [1.165, 1.54) is 4.90 Å². The molecule has 0 aliphatic carbocycles. The van der Waals surface area contributed by atoms with Crippen LogP contribution in [0.3, 0.4) is 0 Å². The number of urea groups is 1. The number of aliphatic carboxylic acids is 1. The van der Waals surface area contributed by atoms with E-state index in [1.54, 1.807) is 13.1 Å². The summed E-state index contributed by atoms with van der Waals surface area (Å²) in [7, 11) is 1.55. The second-order valence-electron chi connectivity index (χ2n) is 5.52. The summed E-state index contributed by atoms with van der Waals surface area (Å²) in [5.74, 6) is 0.382. The van der Waals surface area contributed by atoms with E-state index in [9.17, 15) is 9.59 Å². The number of nitrogens with zero attached hydrogens (tertiary/aromatic N) is 1. The second kappa shape index (κ2) is 7.21. The highest BCUT2D eigenvalue weighted by atomic mass is 16.5. The van der Waals surface area contributed by atoms with Crippen LogP contribution in [0.25, 0.3) is 0 Å². The second-order valence-corrected chi connectivity index (χ2v) is 5.52. The van der Waals surface area contributed by atoms with Crippen LogP contribution >= 0.6 is 0 Å². The molecule has 2 rings (SSSR count). The van der Waals surface area contributed by atoms with E-state index in [-0.39, 0.29) is 19.1 Å². The molecule has 0 bridgehead atoms. The molecular weight excluding hydrogens is 300 g/mol. The van der Waals surface area contributed by atoms with Gasteiger partial charge in [-0.05, 0) is 19.9 Å². The number of fused-ring (bicyclic) bond motifs is 1. The molecule has 1 unspecified atom stereocenters. The van der Waals surface area contributed by atoms with E-state index in [1.807, 2.05) is 19.9 Å². The number of carbonyl (C=O) groups is 2. The minimum atomic E-state index is -0.945. The van der Waals surface area contributed by atoms with Crippen LogP contribution < -0.4 is 14.8 Å². The Morgan fingerprint density at radius 3 is 2.87 bits per heavy atom. The van der Waals surface area contributed by atoms with Gasteiger partial charge in [-0.1, -0.05) is 0 Å². The van der Waals surface area contributed by atoms with Gasteiger partial charge in [0.2, 0.25) is 0 Å². The van der Waals surface area contributed by atoms with Crippen LogP contribution in [0.4, 0.5) is 10.5 Å². The summed E-state index contributed by atoms with van der Waals surface area (Å²) < 4.78 is 11.3. The number of amides is 2. The first-order valence-corrected chi connectivity index (χ1v) is 7.61. The molecule has 2 N–H and O–H groups in total. The molecule has 0 spiro atoms. The van der Waals surface area contributed by atoms with E-state index in [0.717, 1.165) is 17.7 Å². The largest absolute Gasteiger partial charge is 0.492 e. The topological polar surface area (TPSA) is 88.1 Å². The molecule has 0 aromatic heterocycles. The van der Waals surface area contributed by atoms with Crippen LogP contribution in [-0.4, -0.2) is 48.3 Å². The van der Waals surface area contributed by atoms with Gasteiger partial charge in [-0.2, -0.15) is 0 Å². The lowest BCUT2D eigenvalue weighted by atomic mass is 10.1. The SMILES string of the molecule is CCOc1cc2c(cc1NC(=O)N(C)CCC(=O)O)OC(C)C2. The minimum absolute atomic E-state index is 0.101. The number of benzene rings is 1. The third-order valence-electron chi connectivity index (χ3n) is 3.55. The molecule has 7 nitrogen and oxygen atoms in total. The van der Waals surface area contributed by atoms with Gasteiger partial charge < -0.3 is 24.8 Å². The zero-order valence-corrected chi connectivity index (χ0v) is 13.6. The highest BCUT2D eigenvalue weighted by molar-refractivity contribution is 5.91. The molecule has 1 aromatic rings. The van der Waals surface area contributed by atoms with Gasteiger partial charge in [-0.3, -0.25) is 4.79 Å². The number of carbonyl (C=O) groups excluding carboxylic acids is 1. The Labute approximate surface area is 135 Å². The van der Waals surface area contributed by atoms with Crippen molar-refractivity contribution in [2.24, 2.45) is 0 Å².